The lowest BCUT2D eigenvalue weighted by molar-refractivity contribution is -0.124. The molecule has 68 valence electrons. The molecule has 1 rings (SSSR count). The van der Waals surface area contributed by atoms with E-state index in [1.54, 1.807) is 13.8 Å². The van der Waals surface area contributed by atoms with Gasteiger partial charge in [0.05, 0.1) is 5.60 Å². The molecule has 0 saturated heterocycles. The van der Waals surface area contributed by atoms with E-state index in [1.165, 1.54) is 0 Å². The summed E-state index contributed by atoms with van der Waals surface area (Å²) < 4.78 is 0. The third kappa shape index (κ3) is 2.45. The Labute approximate surface area is 73.3 Å². The van der Waals surface area contributed by atoms with Crippen molar-refractivity contribution in [2.75, 3.05) is 0 Å². The highest BCUT2D eigenvalue weighted by Crippen LogP contribution is 2.41. The van der Waals surface area contributed by atoms with Crippen LogP contribution in [0.1, 0.15) is 26.7 Å². The van der Waals surface area contributed by atoms with Crippen LogP contribution < -0.4 is 0 Å². The molecule has 0 heterocycles. The Morgan fingerprint density at radius 2 is 2.33 bits per heavy atom. The highest BCUT2D eigenvalue weighted by molar-refractivity contribution is 5.84. The Bertz CT molecular complexity index is 200. The normalized spacial score (nSPS) is 28.2. The smallest absolute Gasteiger partial charge is 0.139 e. The van der Waals surface area contributed by atoms with Gasteiger partial charge >= 0.3 is 0 Å². The Hall–Kier alpha value is -0.630. The van der Waals surface area contributed by atoms with Crippen molar-refractivity contribution >= 4 is 5.78 Å². The largest absolute Gasteiger partial charge is 0.390 e. The molecule has 0 radical (unpaired) electrons. The molecule has 1 fully saturated rings. The zero-order chi connectivity index (χ0) is 9.35. The summed E-state index contributed by atoms with van der Waals surface area (Å²) in [5.74, 6) is 0.696. The third-order valence-corrected chi connectivity index (χ3v) is 2.16. The Morgan fingerprint density at radius 3 is 2.67 bits per heavy atom. The van der Waals surface area contributed by atoms with Gasteiger partial charge in [-0.1, -0.05) is 6.08 Å². The Morgan fingerprint density at radius 1 is 1.75 bits per heavy atom. The van der Waals surface area contributed by atoms with E-state index in [1.807, 2.05) is 6.08 Å². The topological polar surface area (TPSA) is 37.3 Å². The van der Waals surface area contributed by atoms with Gasteiger partial charge < -0.3 is 5.11 Å². The molecule has 2 heteroatoms. The number of ketones is 1. The van der Waals surface area contributed by atoms with Crippen molar-refractivity contribution in [1.82, 2.24) is 0 Å². The molecule has 12 heavy (non-hydrogen) atoms. The molecule has 0 aromatic rings. The van der Waals surface area contributed by atoms with Crippen molar-refractivity contribution in [2.45, 2.75) is 32.3 Å². The monoisotopic (exact) mass is 168 g/mol. The zero-order valence-corrected chi connectivity index (χ0v) is 7.71. The lowest BCUT2D eigenvalue weighted by atomic mass is 9.99. The van der Waals surface area contributed by atoms with Gasteiger partial charge in [-0.25, -0.2) is 0 Å². The average molecular weight is 168 g/mol. The number of hydrogen-bond acceptors (Lipinski definition) is 2. The van der Waals surface area contributed by atoms with E-state index in [-0.39, 0.29) is 18.1 Å². The maximum absolute atomic E-state index is 11.4. The SMILES string of the molecule is C=C[C@@H]1C[C@H]1C(=O)CC(C)(C)O. The van der Waals surface area contributed by atoms with E-state index >= 15 is 0 Å². The lowest BCUT2D eigenvalue weighted by Crippen LogP contribution is -2.24. The van der Waals surface area contributed by atoms with Crippen LogP contribution in [0.5, 0.6) is 0 Å². The molecule has 0 unspecified atom stereocenters. The highest BCUT2D eigenvalue weighted by Gasteiger charge is 2.41. The molecule has 2 atom stereocenters. The van der Waals surface area contributed by atoms with Crippen LogP contribution in [0.15, 0.2) is 12.7 Å². The zero-order valence-electron chi connectivity index (χ0n) is 7.71. The van der Waals surface area contributed by atoms with E-state index in [4.69, 9.17) is 0 Å². The van der Waals surface area contributed by atoms with Crippen molar-refractivity contribution in [2.24, 2.45) is 11.8 Å². The fraction of sp³-hybridized carbons (Fsp3) is 0.700. The van der Waals surface area contributed by atoms with Crippen LogP contribution in [-0.2, 0) is 4.79 Å². The number of allylic oxidation sites excluding steroid dienone is 1. The van der Waals surface area contributed by atoms with Crippen LogP contribution >= 0.6 is 0 Å². The molecule has 0 amide bonds. The molecule has 1 saturated carbocycles. The molecule has 1 aliphatic carbocycles. The number of carbonyl (C=O) groups excluding carboxylic acids is 1. The second kappa shape index (κ2) is 3.02. The summed E-state index contributed by atoms with van der Waals surface area (Å²) in [5.41, 5.74) is -0.856. The molecule has 1 aliphatic rings. The van der Waals surface area contributed by atoms with E-state index < -0.39 is 5.60 Å². The Balaban J connectivity index is 2.36. The van der Waals surface area contributed by atoms with Crippen LogP contribution in [0.2, 0.25) is 0 Å². The fourth-order valence-corrected chi connectivity index (χ4v) is 1.40. The first kappa shape index (κ1) is 9.46. The summed E-state index contributed by atoms with van der Waals surface area (Å²) in [4.78, 5) is 11.4. The van der Waals surface area contributed by atoms with Gasteiger partial charge in [0.2, 0.25) is 0 Å². The predicted octanol–water partition coefficient (Wildman–Crippen LogP) is 1.54. The van der Waals surface area contributed by atoms with Crippen LogP contribution in [0, 0.1) is 11.8 Å². The summed E-state index contributed by atoms with van der Waals surface area (Å²) in [7, 11) is 0. The van der Waals surface area contributed by atoms with Gasteiger partial charge in [-0.2, -0.15) is 0 Å². The van der Waals surface area contributed by atoms with Gasteiger partial charge in [0, 0.05) is 12.3 Å². The van der Waals surface area contributed by atoms with Crippen LogP contribution in [0.4, 0.5) is 0 Å². The molecular weight excluding hydrogens is 152 g/mol. The number of carbonyl (C=O) groups is 1. The average Bonchev–Trinajstić information content (AvgIpc) is 2.60. The fourth-order valence-electron chi connectivity index (χ4n) is 1.40. The maximum Gasteiger partial charge on any atom is 0.139 e. The quantitative estimate of drug-likeness (QED) is 0.646. The molecule has 1 N–H and O–H groups in total. The molecule has 0 aromatic heterocycles. The van der Waals surface area contributed by atoms with Gasteiger partial charge in [-0.05, 0) is 26.2 Å². The van der Waals surface area contributed by atoms with Gasteiger partial charge in [-0.3, -0.25) is 4.79 Å². The number of Topliss-reactive ketones (excluding diaryl/α,β-unsaturated/α-hetero) is 1. The summed E-state index contributed by atoms with van der Waals surface area (Å²) in [5, 5.41) is 9.38. The van der Waals surface area contributed by atoms with Crippen molar-refractivity contribution in [3.8, 4) is 0 Å². The first-order chi connectivity index (χ1) is 5.44. The van der Waals surface area contributed by atoms with Crippen molar-refractivity contribution in [3.05, 3.63) is 12.7 Å². The summed E-state index contributed by atoms with van der Waals surface area (Å²) in [6.07, 6.45) is 3.02. The number of aliphatic hydroxyl groups is 1. The van der Waals surface area contributed by atoms with Gasteiger partial charge in [0.25, 0.3) is 0 Å². The second-order valence-corrected chi connectivity index (χ2v) is 4.20. The molecule has 0 bridgehead atoms. The van der Waals surface area contributed by atoms with Crippen molar-refractivity contribution in [1.29, 1.82) is 0 Å². The third-order valence-electron chi connectivity index (χ3n) is 2.16. The van der Waals surface area contributed by atoms with Crippen LogP contribution in [0.25, 0.3) is 0 Å². The first-order valence-corrected chi connectivity index (χ1v) is 4.31. The summed E-state index contributed by atoms with van der Waals surface area (Å²) >= 11 is 0. The van der Waals surface area contributed by atoms with Crippen LogP contribution in [0.3, 0.4) is 0 Å². The molecular formula is C10H16O2. The van der Waals surface area contributed by atoms with Gasteiger partial charge in [-0.15, -0.1) is 6.58 Å². The highest BCUT2D eigenvalue weighted by atomic mass is 16.3. The Kier molecular flexibility index (Phi) is 2.38. The minimum absolute atomic E-state index is 0.147. The molecule has 0 aliphatic heterocycles. The van der Waals surface area contributed by atoms with E-state index in [2.05, 4.69) is 6.58 Å². The second-order valence-electron chi connectivity index (χ2n) is 4.20. The summed E-state index contributed by atoms with van der Waals surface area (Å²) in [6, 6.07) is 0. The number of rotatable bonds is 4. The van der Waals surface area contributed by atoms with Gasteiger partial charge in [0.1, 0.15) is 5.78 Å². The predicted molar refractivity (Wildman–Crippen MR) is 47.7 cm³/mol. The lowest BCUT2D eigenvalue weighted by Gasteiger charge is -2.15. The van der Waals surface area contributed by atoms with E-state index in [9.17, 15) is 9.90 Å². The van der Waals surface area contributed by atoms with E-state index in [0.29, 0.717) is 5.92 Å². The van der Waals surface area contributed by atoms with Gasteiger partial charge in [0.15, 0.2) is 0 Å². The van der Waals surface area contributed by atoms with Crippen molar-refractivity contribution < 1.29 is 9.90 Å². The minimum Gasteiger partial charge on any atom is -0.390 e. The van der Waals surface area contributed by atoms with E-state index in [0.717, 1.165) is 6.42 Å². The minimum atomic E-state index is -0.856. The van der Waals surface area contributed by atoms with Crippen LogP contribution in [-0.4, -0.2) is 16.5 Å². The molecule has 0 spiro atoms. The maximum atomic E-state index is 11.4. The molecule has 2 nitrogen and oxygen atoms in total. The number of hydrogen-bond donors (Lipinski definition) is 1. The molecule has 0 aromatic carbocycles. The summed E-state index contributed by atoms with van der Waals surface area (Å²) in [6.45, 7) is 6.96. The standard InChI is InChI=1S/C10H16O2/c1-4-7-5-8(7)9(11)6-10(2,3)12/h4,7-8,12H,1,5-6H2,2-3H3/t7-,8-/m1/s1. The van der Waals surface area contributed by atoms with Crippen molar-refractivity contribution in [3.63, 3.8) is 0 Å². The first-order valence-electron chi connectivity index (χ1n) is 4.31.